The Morgan fingerprint density at radius 3 is 0.873 bits per heavy atom. The minimum atomic E-state index is -0.789. The third-order valence-electron chi connectivity index (χ3n) is 11.9. The predicted octanol–water partition coefficient (Wildman–Crippen LogP) is 19.6. The molecule has 6 heteroatoms. The van der Waals surface area contributed by atoms with Gasteiger partial charge in [-0.05, 0) is 122 Å². The highest BCUT2D eigenvalue weighted by molar-refractivity contribution is 5.71. The molecule has 0 radical (unpaired) electrons. The molecule has 0 aliphatic carbocycles. The zero-order valence-electron chi connectivity index (χ0n) is 45.9. The molecule has 1 atom stereocenters. The van der Waals surface area contributed by atoms with E-state index in [1.54, 1.807) is 0 Å². The summed E-state index contributed by atoms with van der Waals surface area (Å²) in [4.78, 5) is 37.9. The lowest BCUT2D eigenvalue weighted by Crippen LogP contribution is -2.30. The van der Waals surface area contributed by atoms with Crippen LogP contribution >= 0.6 is 0 Å². The van der Waals surface area contributed by atoms with Gasteiger partial charge in [0.1, 0.15) is 13.2 Å². The van der Waals surface area contributed by atoms with Crippen molar-refractivity contribution in [2.45, 2.75) is 258 Å². The normalized spacial score (nSPS) is 13.0. The van der Waals surface area contributed by atoms with E-state index in [1.807, 2.05) is 0 Å². The first kappa shape index (κ1) is 66.8. The fourth-order valence-electron chi connectivity index (χ4n) is 7.58. The van der Waals surface area contributed by atoms with Crippen LogP contribution in [0.25, 0.3) is 0 Å². The van der Waals surface area contributed by atoms with Gasteiger partial charge in [-0.15, -0.1) is 0 Å². The summed E-state index contributed by atoms with van der Waals surface area (Å²) in [6, 6.07) is 0. The molecule has 0 aliphatic heterocycles. The molecule has 0 heterocycles. The molecule has 0 aliphatic rings. The van der Waals surface area contributed by atoms with Crippen molar-refractivity contribution < 1.29 is 28.6 Å². The fraction of sp³-hybridized carbons (Fsp3) is 0.646. The smallest absolute Gasteiger partial charge is 0.306 e. The van der Waals surface area contributed by atoms with E-state index in [-0.39, 0.29) is 31.1 Å². The summed E-state index contributed by atoms with van der Waals surface area (Å²) in [5.74, 6) is -0.924. The van der Waals surface area contributed by atoms with Crippen molar-refractivity contribution in [2.24, 2.45) is 0 Å². The number of hydrogen-bond donors (Lipinski definition) is 0. The molecule has 0 aromatic rings. The molecule has 0 spiro atoms. The van der Waals surface area contributed by atoms with E-state index in [0.717, 1.165) is 154 Å². The van der Waals surface area contributed by atoms with Crippen molar-refractivity contribution in [2.75, 3.05) is 13.2 Å². The molecule has 6 nitrogen and oxygen atoms in total. The van der Waals surface area contributed by atoms with E-state index < -0.39 is 6.10 Å². The topological polar surface area (TPSA) is 78.9 Å². The Bertz CT molecular complexity index is 1500. The van der Waals surface area contributed by atoms with Gasteiger partial charge in [0, 0.05) is 19.3 Å². The molecular weight excluding hydrogens is 877 g/mol. The van der Waals surface area contributed by atoms with E-state index in [1.165, 1.54) is 57.8 Å². The number of ether oxygens (including phenoxy) is 3. The minimum Gasteiger partial charge on any atom is -0.462 e. The number of unbranched alkanes of at least 4 members (excludes halogenated alkanes) is 20. The van der Waals surface area contributed by atoms with Crippen LogP contribution in [0.15, 0.2) is 122 Å². The van der Waals surface area contributed by atoms with Gasteiger partial charge in [0.15, 0.2) is 6.10 Å². The van der Waals surface area contributed by atoms with Gasteiger partial charge in [0.25, 0.3) is 0 Å². The van der Waals surface area contributed by atoms with Gasteiger partial charge in [-0.1, -0.05) is 232 Å². The Labute approximate surface area is 437 Å². The van der Waals surface area contributed by atoms with Crippen LogP contribution in [-0.4, -0.2) is 37.2 Å². The maximum absolute atomic E-state index is 12.7. The Kier molecular flexibility index (Phi) is 54.9. The van der Waals surface area contributed by atoms with Crippen LogP contribution in [0.3, 0.4) is 0 Å². The molecular formula is C65H106O6. The average Bonchev–Trinajstić information content (AvgIpc) is 3.37. The van der Waals surface area contributed by atoms with Crippen LogP contribution in [0, 0.1) is 0 Å². The van der Waals surface area contributed by atoms with Gasteiger partial charge in [0.2, 0.25) is 0 Å². The second-order valence-electron chi connectivity index (χ2n) is 18.8. The number of hydrogen-bond acceptors (Lipinski definition) is 6. The number of allylic oxidation sites excluding steroid dienone is 20. The van der Waals surface area contributed by atoms with Gasteiger partial charge >= 0.3 is 17.9 Å². The molecule has 0 aromatic heterocycles. The van der Waals surface area contributed by atoms with Crippen molar-refractivity contribution in [1.29, 1.82) is 0 Å². The molecule has 0 saturated heterocycles. The van der Waals surface area contributed by atoms with E-state index in [0.29, 0.717) is 19.3 Å². The first-order chi connectivity index (χ1) is 35.0. The van der Waals surface area contributed by atoms with Gasteiger partial charge in [-0.3, -0.25) is 14.4 Å². The lowest BCUT2D eigenvalue weighted by Gasteiger charge is -2.18. The highest BCUT2D eigenvalue weighted by Crippen LogP contribution is 2.14. The summed E-state index contributed by atoms with van der Waals surface area (Å²) in [7, 11) is 0. The zero-order chi connectivity index (χ0) is 51.4. The SMILES string of the molecule is CC/C=C\C/C=C\C/C=C\C/C=C\C/C=C\C/C=C\C/C=C\C/C=C\CCCCCCCCCCC(=O)OCC(COC(=O)CCCCCCC/C=C\CCC)OC(=O)CCCCCCC/C=C\CCC. The van der Waals surface area contributed by atoms with Crippen LogP contribution < -0.4 is 0 Å². The number of carbonyl (C=O) groups is 3. The van der Waals surface area contributed by atoms with Crippen LogP contribution in [-0.2, 0) is 28.6 Å². The van der Waals surface area contributed by atoms with Crippen molar-refractivity contribution >= 4 is 17.9 Å². The largest absolute Gasteiger partial charge is 0.462 e. The van der Waals surface area contributed by atoms with Gasteiger partial charge in [0.05, 0.1) is 0 Å². The average molecular weight is 984 g/mol. The lowest BCUT2D eigenvalue weighted by molar-refractivity contribution is -0.167. The molecule has 0 amide bonds. The van der Waals surface area contributed by atoms with Gasteiger partial charge in [-0.25, -0.2) is 0 Å². The van der Waals surface area contributed by atoms with E-state index in [4.69, 9.17) is 14.2 Å². The summed E-state index contributed by atoms with van der Waals surface area (Å²) in [5.41, 5.74) is 0. The lowest BCUT2D eigenvalue weighted by atomic mass is 10.1. The standard InChI is InChI=1S/C65H106O6/c1-4-7-10-13-16-19-22-23-24-25-26-27-28-29-30-31-32-33-34-35-36-37-38-39-40-41-42-43-44-47-49-52-55-58-64(67)70-61-62(71-65(68)59-56-53-50-46-21-18-15-12-9-6-3)60-69-63(66)57-54-51-48-45-20-17-14-11-8-5-2/h7,10-12,14-16,19,23-24,26-27,29-30,32-33,35-36,38-39,62H,4-6,8-9,13,17-18,20-22,25,28,31,34,37,40-61H2,1-3H3/b10-7-,14-11-,15-12-,19-16-,24-23-,27-26-,30-29-,33-32-,36-35-,39-38-. The third-order valence-corrected chi connectivity index (χ3v) is 11.9. The van der Waals surface area contributed by atoms with Gasteiger partial charge in [-0.2, -0.15) is 0 Å². The maximum atomic E-state index is 12.7. The maximum Gasteiger partial charge on any atom is 0.306 e. The number of carbonyl (C=O) groups excluding carboxylic acids is 3. The van der Waals surface area contributed by atoms with E-state index in [9.17, 15) is 14.4 Å². The van der Waals surface area contributed by atoms with Crippen molar-refractivity contribution in [3.05, 3.63) is 122 Å². The molecule has 0 rings (SSSR count). The molecule has 0 fully saturated rings. The Balaban J connectivity index is 4.15. The highest BCUT2D eigenvalue weighted by Gasteiger charge is 2.19. The first-order valence-electron chi connectivity index (χ1n) is 29.0. The monoisotopic (exact) mass is 983 g/mol. The summed E-state index contributed by atoms with van der Waals surface area (Å²) in [5, 5.41) is 0. The van der Waals surface area contributed by atoms with Crippen molar-refractivity contribution in [3.63, 3.8) is 0 Å². The summed E-state index contributed by atoms with van der Waals surface area (Å²) in [6.45, 7) is 6.37. The first-order valence-corrected chi connectivity index (χ1v) is 29.0. The van der Waals surface area contributed by atoms with E-state index >= 15 is 0 Å². The van der Waals surface area contributed by atoms with Crippen LogP contribution in [0.2, 0.25) is 0 Å². The molecule has 402 valence electrons. The number of esters is 3. The molecule has 0 saturated carbocycles. The van der Waals surface area contributed by atoms with E-state index in [2.05, 4.69) is 142 Å². The zero-order valence-corrected chi connectivity index (χ0v) is 45.9. The van der Waals surface area contributed by atoms with Crippen molar-refractivity contribution in [1.82, 2.24) is 0 Å². The summed E-state index contributed by atoms with van der Waals surface area (Å²) in [6.07, 6.45) is 80.7. The number of rotatable bonds is 51. The Morgan fingerprint density at radius 1 is 0.296 bits per heavy atom. The quantitative estimate of drug-likeness (QED) is 0.0261. The van der Waals surface area contributed by atoms with Crippen molar-refractivity contribution in [3.8, 4) is 0 Å². The molecule has 0 aromatic carbocycles. The van der Waals surface area contributed by atoms with Crippen LogP contribution in [0.4, 0.5) is 0 Å². The molecule has 1 unspecified atom stereocenters. The predicted molar refractivity (Wildman–Crippen MR) is 306 cm³/mol. The Hall–Kier alpha value is -4.19. The minimum absolute atomic E-state index is 0.0898. The summed E-state index contributed by atoms with van der Waals surface area (Å²) >= 11 is 0. The highest BCUT2D eigenvalue weighted by atomic mass is 16.6. The molecule has 0 N–H and O–H groups in total. The Morgan fingerprint density at radius 2 is 0.549 bits per heavy atom. The van der Waals surface area contributed by atoms with Crippen LogP contribution in [0.1, 0.15) is 252 Å². The van der Waals surface area contributed by atoms with Gasteiger partial charge < -0.3 is 14.2 Å². The summed E-state index contributed by atoms with van der Waals surface area (Å²) < 4.78 is 16.7. The third kappa shape index (κ3) is 56.6. The molecule has 71 heavy (non-hydrogen) atoms. The fourth-order valence-corrected chi connectivity index (χ4v) is 7.58. The molecule has 0 bridgehead atoms. The second kappa shape index (κ2) is 58.4. The van der Waals surface area contributed by atoms with Crippen LogP contribution in [0.5, 0.6) is 0 Å². The second-order valence-corrected chi connectivity index (χ2v) is 18.8.